The lowest BCUT2D eigenvalue weighted by Gasteiger charge is -2.21. The zero-order valence-electron chi connectivity index (χ0n) is 12.0. The Morgan fingerprint density at radius 2 is 1.55 bits per heavy atom. The summed E-state index contributed by atoms with van der Waals surface area (Å²) in [4.78, 5) is 0. The molecule has 0 unspecified atom stereocenters. The molecule has 3 aromatic rings. The summed E-state index contributed by atoms with van der Waals surface area (Å²) in [6, 6.07) is 20.7. The van der Waals surface area contributed by atoms with E-state index in [1.54, 1.807) is 24.6 Å². The summed E-state index contributed by atoms with van der Waals surface area (Å²) in [5.41, 5.74) is 2.55. The highest BCUT2D eigenvalue weighted by Gasteiger charge is 2.24. The van der Waals surface area contributed by atoms with E-state index in [4.69, 9.17) is 0 Å². The number of anilines is 1. The number of rotatable bonds is 4. The van der Waals surface area contributed by atoms with Crippen LogP contribution in [0.4, 0.5) is 5.69 Å². The smallest absolute Gasteiger partial charge is 0.268 e. The molecule has 1 heterocycles. The van der Waals surface area contributed by atoms with Crippen molar-refractivity contribution < 1.29 is 8.42 Å². The van der Waals surface area contributed by atoms with Crippen molar-refractivity contribution in [3.63, 3.8) is 0 Å². The average Bonchev–Trinajstić information content (AvgIpc) is 3.10. The van der Waals surface area contributed by atoms with Crippen LogP contribution in [0.3, 0.4) is 0 Å². The molecule has 0 aliphatic carbocycles. The lowest BCUT2D eigenvalue weighted by atomic mass is 10.0. The summed E-state index contributed by atoms with van der Waals surface area (Å²) in [6.07, 6.45) is 0. The number of thiophene rings is 1. The van der Waals surface area contributed by atoms with E-state index in [1.165, 1.54) is 15.6 Å². The monoisotopic (exact) mass is 329 g/mol. The van der Waals surface area contributed by atoms with Crippen molar-refractivity contribution in [3.05, 3.63) is 72.1 Å². The fraction of sp³-hybridized carbons (Fsp3) is 0.0588. The van der Waals surface area contributed by atoms with Gasteiger partial charge in [-0.3, -0.25) is 4.31 Å². The predicted octanol–water partition coefficient (Wildman–Crippen LogP) is 4.24. The van der Waals surface area contributed by atoms with Crippen molar-refractivity contribution in [2.45, 2.75) is 4.21 Å². The number of nitrogens with zero attached hydrogens (tertiary/aromatic N) is 1. The van der Waals surface area contributed by atoms with Crippen LogP contribution >= 0.6 is 11.3 Å². The Morgan fingerprint density at radius 1 is 0.864 bits per heavy atom. The van der Waals surface area contributed by atoms with Crippen LogP contribution in [-0.2, 0) is 10.0 Å². The van der Waals surface area contributed by atoms with Gasteiger partial charge < -0.3 is 0 Å². The van der Waals surface area contributed by atoms with Gasteiger partial charge in [-0.05, 0) is 23.1 Å². The van der Waals surface area contributed by atoms with E-state index in [-0.39, 0.29) is 0 Å². The van der Waals surface area contributed by atoms with Crippen LogP contribution in [0.1, 0.15) is 0 Å². The van der Waals surface area contributed by atoms with E-state index in [9.17, 15) is 8.42 Å². The molecule has 3 nitrogen and oxygen atoms in total. The van der Waals surface area contributed by atoms with Crippen LogP contribution in [0.15, 0.2) is 76.3 Å². The molecule has 3 rings (SSSR count). The first-order valence-corrected chi connectivity index (χ1v) is 9.09. The standard InChI is InChI=1S/C17H15NO2S2/c1-18(22(19,20)17-12-7-13-21-17)16-11-6-5-10-15(16)14-8-3-2-4-9-14/h2-13H,1H3. The molecule has 0 bridgehead atoms. The van der Waals surface area contributed by atoms with Crippen molar-refractivity contribution in [2.75, 3.05) is 11.4 Å². The van der Waals surface area contributed by atoms with E-state index in [1.807, 2.05) is 54.6 Å². The highest BCUT2D eigenvalue weighted by Crippen LogP contribution is 2.33. The predicted molar refractivity (Wildman–Crippen MR) is 91.8 cm³/mol. The molecule has 1 aromatic heterocycles. The second-order valence-electron chi connectivity index (χ2n) is 4.79. The van der Waals surface area contributed by atoms with E-state index in [0.29, 0.717) is 9.90 Å². The molecule has 0 fully saturated rings. The van der Waals surface area contributed by atoms with Gasteiger partial charge in [0, 0.05) is 12.6 Å². The molecular formula is C17H15NO2S2. The van der Waals surface area contributed by atoms with Crippen LogP contribution in [-0.4, -0.2) is 15.5 Å². The largest absolute Gasteiger partial charge is 0.273 e. The molecule has 112 valence electrons. The summed E-state index contributed by atoms with van der Waals surface area (Å²) in [7, 11) is -1.93. The summed E-state index contributed by atoms with van der Waals surface area (Å²) < 4.78 is 27.1. The van der Waals surface area contributed by atoms with E-state index >= 15 is 0 Å². The lowest BCUT2D eigenvalue weighted by Crippen LogP contribution is -2.26. The normalized spacial score (nSPS) is 11.3. The van der Waals surface area contributed by atoms with Crippen LogP contribution in [0.25, 0.3) is 11.1 Å². The van der Waals surface area contributed by atoms with Gasteiger partial charge in [0.25, 0.3) is 10.0 Å². The minimum absolute atomic E-state index is 0.345. The van der Waals surface area contributed by atoms with Gasteiger partial charge in [0.1, 0.15) is 4.21 Å². The Balaban J connectivity index is 2.10. The second kappa shape index (κ2) is 5.94. The molecular weight excluding hydrogens is 314 g/mol. The van der Waals surface area contributed by atoms with Crippen LogP contribution in [0.2, 0.25) is 0 Å². The molecule has 5 heteroatoms. The molecule has 0 saturated carbocycles. The molecule has 0 radical (unpaired) electrons. The van der Waals surface area contributed by atoms with E-state index in [2.05, 4.69) is 0 Å². The summed E-state index contributed by atoms with van der Waals surface area (Å²) in [5.74, 6) is 0. The van der Waals surface area contributed by atoms with Crippen LogP contribution in [0, 0.1) is 0 Å². The highest BCUT2D eigenvalue weighted by molar-refractivity contribution is 7.94. The van der Waals surface area contributed by atoms with Crippen molar-refractivity contribution in [2.24, 2.45) is 0 Å². The van der Waals surface area contributed by atoms with Crippen LogP contribution < -0.4 is 4.31 Å². The van der Waals surface area contributed by atoms with Crippen LogP contribution in [0.5, 0.6) is 0 Å². The third kappa shape index (κ3) is 2.65. The molecule has 0 aliphatic heterocycles. The zero-order valence-corrected chi connectivity index (χ0v) is 13.6. The molecule has 22 heavy (non-hydrogen) atoms. The fourth-order valence-corrected chi connectivity index (χ4v) is 4.66. The first kappa shape index (κ1) is 14.8. The minimum Gasteiger partial charge on any atom is -0.268 e. The first-order chi connectivity index (χ1) is 10.6. The third-order valence-corrected chi connectivity index (χ3v) is 6.58. The zero-order chi connectivity index (χ0) is 15.6. The quantitative estimate of drug-likeness (QED) is 0.718. The Hall–Kier alpha value is -2.11. The summed E-state index contributed by atoms with van der Waals surface area (Å²) in [6.45, 7) is 0. The molecule has 0 aliphatic rings. The molecule has 2 aromatic carbocycles. The van der Waals surface area contributed by atoms with Crippen molar-refractivity contribution in [3.8, 4) is 11.1 Å². The van der Waals surface area contributed by atoms with Crippen molar-refractivity contribution >= 4 is 27.0 Å². The van der Waals surface area contributed by atoms with Gasteiger partial charge in [-0.1, -0.05) is 54.6 Å². The van der Waals surface area contributed by atoms with Gasteiger partial charge in [-0.15, -0.1) is 11.3 Å². The van der Waals surface area contributed by atoms with E-state index < -0.39 is 10.0 Å². The van der Waals surface area contributed by atoms with Gasteiger partial charge in [-0.2, -0.15) is 0 Å². The molecule has 0 saturated heterocycles. The molecule has 0 spiro atoms. The SMILES string of the molecule is CN(c1ccccc1-c1ccccc1)S(=O)(=O)c1cccs1. The maximum Gasteiger partial charge on any atom is 0.273 e. The first-order valence-electron chi connectivity index (χ1n) is 6.77. The number of para-hydroxylation sites is 1. The maximum absolute atomic E-state index is 12.7. The van der Waals surface area contributed by atoms with Gasteiger partial charge in [0.2, 0.25) is 0 Å². The lowest BCUT2D eigenvalue weighted by molar-refractivity contribution is 0.596. The number of sulfonamides is 1. The highest BCUT2D eigenvalue weighted by atomic mass is 32.2. The Kier molecular flexibility index (Phi) is 4.00. The Bertz CT molecular complexity index is 857. The average molecular weight is 329 g/mol. The Morgan fingerprint density at radius 3 is 2.23 bits per heavy atom. The second-order valence-corrected chi connectivity index (χ2v) is 7.93. The summed E-state index contributed by atoms with van der Waals surface area (Å²) >= 11 is 1.22. The van der Waals surface area contributed by atoms with Gasteiger partial charge in [0.05, 0.1) is 5.69 Å². The summed E-state index contributed by atoms with van der Waals surface area (Å²) in [5, 5.41) is 1.77. The van der Waals surface area contributed by atoms with Gasteiger partial charge in [-0.25, -0.2) is 8.42 Å². The minimum atomic E-state index is -3.53. The fourth-order valence-electron chi connectivity index (χ4n) is 2.28. The number of benzene rings is 2. The van der Waals surface area contributed by atoms with Crippen molar-refractivity contribution in [1.82, 2.24) is 0 Å². The van der Waals surface area contributed by atoms with Gasteiger partial charge >= 0.3 is 0 Å². The Labute approximate surface area is 134 Å². The third-order valence-electron chi connectivity index (χ3n) is 3.44. The number of hydrogen-bond donors (Lipinski definition) is 0. The van der Waals surface area contributed by atoms with Crippen molar-refractivity contribution in [1.29, 1.82) is 0 Å². The maximum atomic E-state index is 12.7. The molecule has 0 amide bonds. The molecule has 0 N–H and O–H groups in total. The topological polar surface area (TPSA) is 37.4 Å². The van der Waals surface area contributed by atoms with E-state index in [0.717, 1.165) is 11.1 Å². The molecule has 0 atom stereocenters. The van der Waals surface area contributed by atoms with Gasteiger partial charge in [0.15, 0.2) is 0 Å². The number of hydrogen-bond acceptors (Lipinski definition) is 3.